The lowest BCUT2D eigenvalue weighted by atomic mass is 10.5. The van der Waals surface area contributed by atoms with E-state index in [1.807, 2.05) is 20.8 Å². The van der Waals surface area contributed by atoms with Crippen molar-refractivity contribution in [1.82, 2.24) is 4.98 Å². The number of hydrogen-bond acceptors (Lipinski definition) is 4. The van der Waals surface area contributed by atoms with Crippen LogP contribution in [-0.4, -0.2) is 45.6 Å². The molecule has 0 aromatic carbocycles. The van der Waals surface area contributed by atoms with Crippen molar-refractivity contribution in [3.8, 4) is 0 Å². The molecule has 0 amide bonds. The van der Waals surface area contributed by atoms with Crippen molar-refractivity contribution in [3.05, 3.63) is 0 Å². The number of rotatable bonds is 10. The molecule has 0 aliphatic carbocycles. The van der Waals surface area contributed by atoms with E-state index in [9.17, 15) is 0 Å². The van der Waals surface area contributed by atoms with E-state index in [1.165, 1.54) is 0 Å². The van der Waals surface area contributed by atoms with Crippen LogP contribution in [0.25, 0.3) is 0 Å². The third-order valence-corrected chi connectivity index (χ3v) is 5.65. The molecule has 0 aliphatic rings. The summed E-state index contributed by atoms with van der Waals surface area (Å²) < 4.78 is 17.2. The maximum atomic E-state index is 5.74. The van der Waals surface area contributed by atoms with Crippen LogP contribution in [0.1, 0.15) is 27.2 Å². The van der Waals surface area contributed by atoms with E-state index in [1.54, 1.807) is 0 Å². The van der Waals surface area contributed by atoms with Crippen LogP contribution in [0.3, 0.4) is 0 Å². The van der Waals surface area contributed by atoms with Gasteiger partial charge in [0.1, 0.15) is 0 Å². The summed E-state index contributed by atoms with van der Waals surface area (Å²) >= 11 is 0. The molecule has 0 aliphatic heterocycles. The van der Waals surface area contributed by atoms with Gasteiger partial charge in [-0.25, -0.2) is 0 Å². The summed E-state index contributed by atoms with van der Waals surface area (Å²) in [4.78, 5) is 3.26. The van der Waals surface area contributed by atoms with E-state index in [2.05, 4.69) is 4.98 Å². The topological polar surface area (TPSA) is 39.7 Å². The van der Waals surface area contributed by atoms with Crippen molar-refractivity contribution >= 4 is 19.2 Å². The predicted molar refractivity (Wildman–Crippen MR) is 68.0 cm³/mol. The molecule has 0 heterocycles. The molecule has 0 aromatic rings. The van der Waals surface area contributed by atoms with Gasteiger partial charge in [-0.15, -0.1) is 0 Å². The second-order valence-corrected chi connectivity index (χ2v) is 6.63. The predicted octanol–water partition coefficient (Wildman–Crippen LogP) is 0.295. The van der Waals surface area contributed by atoms with Gasteiger partial charge in [0.15, 0.2) is 0 Å². The fourth-order valence-electron chi connectivity index (χ4n) is 1.48. The molecule has 0 bridgehead atoms. The van der Waals surface area contributed by atoms with Gasteiger partial charge in [0, 0.05) is 25.9 Å². The molecule has 0 aromatic heterocycles. The summed E-state index contributed by atoms with van der Waals surface area (Å²) in [5.41, 5.74) is 0. The van der Waals surface area contributed by atoms with Crippen LogP contribution in [0, 0.1) is 0 Å². The standard InChI is InChI=1S/C9H25NO3Si2/c1-4-11-15(12-5-2,13-6-3)9-7-8-10-14/h10H,4-9H2,1-3,14H3. The number of hydrogen-bond donors (Lipinski definition) is 1. The first-order chi connectivity index (χ1) is 7.24. The molecule has 0 atom stereocenters. The fourth-order valence-corrected chi connectivity index (χ4v) is 4.45. The van der Waals surface area contributed by atoms with Gasteiger partial charge in [-0.05, 0) is 33.7 Å². The van der Waals surface area contributed by atoms with Crippen molar-refractivity contribution < 1.29 is 13.3 Å². The highest BCUT2D eigenvalue weighted by molar-refractivity contribution is 6.60. The first-order valence-electron chi connectivity index (χ1n) is 5.81. The Labute approximate surface area is 97.6 Å². The zero-order valence-corrected chi connectivity index (χ0v) is 13.5. The molecule has 0 rings (SSSR count). The molecular formula is C9H25NO3Si2. The maximum Gasteiger partial charge on any atom is 0.500 e. The summed E-state index contributed by atoms with van der Waals surface area (Å²) in [5, 5.41) is 0. The molecule has 0 saturated heterocycles. The second-order valence-electron chi connectivity index (χ2n) is 3.19. The molecule has 0 radical (unpaired) electrons. The Balaban J connectivity index is 4.18. The Morgan fingerprint density at radius 2 is 1.47 bits per heavy atom. The molecule has 15 heavy (non-hydrogen) atoms. The normalized spacial score (nSPS) is 12.2. The molecular weight excluding hydrogens is 226 g/mol. The minimum atomic E-state index is -2.36. The summed E-state index contributed by atoms with van der Waals surface area (Å²) in [5.74, 6) is 0. The van der Waals surface area contributed by atoms with Crippen molar-refractivity contribution in [1.29, 1.82) is 0 Å². The average Bonchev–Trinajstić information content (AvgIpc) is 2.19. The molecule has 4 nitrogen and oxygen atoms in total. The highest BCUT2D eigenvalue weighted by atomic mass is 28.4. The van der Waals surface area contributed by atoms with E-state index in [0.717, 1.165) is 29.4 Å². The zero-order chi connectivity index (χ0) is 11.6. The van der Waals surface area contributed by atoms with Gasteiger partial charge >= 0.3 is 8.80 Å². The van der Waals surface area contributed by atoms with Gasteiger partial charge in [0.2, 0.25) is 0 Å². The lowest BCUT2D eigenvalue weighted by Gasteiger charge is -2.28. The Morgan fingerprint density at radius 3 is 1.80 bits per heavy atom. The van der Waals surface area contributed by atoms with E-state index in [4.69, 9.17) is 13.3 Å². The Morgan fingerprint density at radius 1 is 1.00 bits per heavy atom. The lowest BCUT2D eigenvalue weighted by Crippen LogP contribution is -2.46. The van der Waals surface area contributed by atoms with Gasteiger partial charge in [0.25, 0.3) is 0 Å². The van der Waals surface area contributed by atoms with E-state index in [-0.39, 0.29) is 0 Å². The Hall–Kier alpha value is 0.274. The van der Waals surface area contributed by atoms with Crippen LogP contribution < -0.4 is 4.98 Å². The molecule has 92 valence electrons. The molecule has 0 fully saturated rings. The monoisotopic (exact) mass is 251 g/mol. The maximum absolute atomic E-state index is 5.74. The quantitative estimate of drug-likeness (QED) is 0.448. The minimum Gasteiger partial charge on any atom is -0.374 e. The van der Waals surface area contributed by atoms with Crippen molar-refractivity contribution in [3.63, 3.8) is 0 Å². The van der Waals surface area contributed by atoms with Crippen LogP contribution in [0.2, 0.25) is 6.04 Å². The summed E-state index contributed by atoms with van der Waals surface area (Å²) in [6.45, 7) is 9.01. The fraction of sp³-hybridized carbons (Fsp3) is 1.00. The largest absolute Gasteiger partial charge is 0.500 e. The van der Waals surface area contributed by atoms with Crippen LogP contribution in [0.15, 0.2) is 0 Å². The molecule has 0 unspecified atom stereocenters. The van der Waals surface area contributed by atoms with Crippen molar-refractivity contribution in [2.45, 2.75) is 33.2 Å². The highest BCUT2D eigenvalue weighted by Gasteiger charge is 2.39. The van der Waals surface area contributed by atoms with Crippen LogP contribution in [-0.2, 0) is 13.3 Å². The van der Waals surface area contributed by atoms with Gasteiger partial charge in [-0.2, -0.15) is 0 Å². The van der Waals surface area contributed by atoms with E-state index in [0.29, 0.717) is 19.8 Å². The SMILES string of the molecule is CCO[Si](CCCN[SiH3])(OCC)OCC. The zero-order valence-electron chi connectivity index (χ0n) is 10.5. The van der Waals surface area contributed by atoms with Gasteiger partial charge in [-0.3, -0.25) is 0 Å². The first kappa shape index (κ1) is 15.3. The highest BCUT2D eigenvalue weighted by Crippen LogP contribution is 2.17. The van der Waals surface area contributed by atoms with Crippen LogP contribution >= 0.6 is 0 Å². The van der Waals surface area contributed by atoms with Gasteiger partial charge < -0.3 is 18.3 Å². The van der Waals surface area contributed by atoms with Crippen LogP contribution in [0.4, 0.5) is 0 Å². The molecule has 0 saturated carbocycles. The van der Waals surface area contributed by atoms with Crippen LogP contribution in [0.5, 0.6) is 0 Å². The third-order valence-electron chi connectivity index (χ3n) is 2.00. The second kappa shape index (κ2) is 9.50. The average molecular weight is 251 g/mol. The molecule has 1 N–H and O–H groups in total. The number of nitrogens with one attached hydrogen (secondary N) is 1. The Kier molecular flexibility index (Phi) is 9.67. The first-order valence-corrected chi connectivity index (χ1v) is 8.74. The molecule has 6 heteroatoms. The minimum absolute atomic E-state index is 0.667. The Bertz CT molecular complexity index is 132. The summed E-state index contributed by atoms with van der Waals surface area (Å²) in [6, 6.07) is 0.914. The smallest absolute Gasteiger partial charge is 0.374 e. The van der Waals surface area contributed by atoms with E-state index >= 15 is 0 Å². The van der Waals surface area contributed by atoms with Gasteiger partial charge in [0.05, 0.1) is 10.4 Å². The summed E-state index contributed by atoms with van der Waals surface area (Å²) in [6.07, 6.45) is 1.07. The van der Waals surface area contributed by atoms with Crippen molar-refractivity contribution in [2.75, 3.05) is 26.4 Å². The third kappa shape index (κ3) is 6.44. The van der Waals surface area contributed by atoms with E-state index < -0.39 is 8.80 Å². The summed E-state index contributed by atoms with van der Waals surface area (Å²) in [7, 11) is -1.32. The van der Waals surface area contributed by atoms with Crippen molar-refractivity contribution in [2.24, 2.45) is 0 Å². The van der Waals surface area contributed by atoms with Gasteiger partial charge in [-0.1, -0.05) is 0 Å². The molecule has 0 spiro atoms. The lowest BCUT2D eigenvalue weighted by molar-refractivity contribution is 0.0709.